The van der Waals surface area contributed by atoms with Crippen molar-refractivity contribution in [2.45, 2.75) is 127 Å². The number of urea groups is 2. The van der Waals surface area contributed by atoms with Gasteiger partial charge in [0.15, 0.2) is 0 Å². The van der Waals surface area contributed by atoms with E-state index in [0.29, 0.717) is 43.5 Å². The number of carbonyl (C=O) groups excluding carboxylic acids is 4. The lowest BCUT2D eigenvalue weighted by Gasteiger charge is -2.55. The normalized spacial score (nSPS) is 25.5. The molecule has 4 N–H and O–H groups in total. The Labute approximate surface area is 272 Å². The van der Waals surface area contributed by atoms with Gasteiger partial charge in [0.05, 0.1) is 23.3 Å². The summed E-state index contributed by atoms with van der Waals surface area (Å²) in [4.78, 5) is 56.2. The van der Waals surface area contributed by atoms with Crippen LogP contribution in [0.25, 0.3) is 0 Å². The van der Waals surface area contributed by atoms with Gasteiger partial charge in [0.25, 0.3) is 5.91 Å². The molecule has 6 rings (SSSR count). The summed E-state index contributed by atoms with van der Waals surface area (Å²) in [6.07, 6.45) is 3.25. The van der Waals surface area contributed by atoms with Crippen LogP contribution in [0, 0.1) is 0 Å². The van der Waals surface area contributed by atoms with Crippen LogP contribution in [0.2, 0.25) is 0 Å². The molecule has 2 aromatic rings. The number of imide groups is 2. The highest BCUT2D eigenvalue weighted by molar-refractivity contribution is 6.23. The number of benzene rings is 2. The van der Waals surface area contributed by atoms with Crippen molar-refractivity contribution in [2.24, 2.45) is 0 Å². The number of nitrogens with one attached hydrogen (secondary N) is 4. The fourth-order valence-electron chi connectivity index (χ4n) is 9.47. The number of hydrogen-bond donors (Lipinski definition) is 4. The predicted octanol–water partition coefficient (Wildman–Crippen LogP) is 5.14. The lowest BCUT2D eigenvalue weighted by atomic mass is 9.68. The molecule has 4 aliphatic rings. The van der Waals surface area contributed by atoms with Crippen LogP contribution in [0.15, 0.2) is 48.5 Å². The number of piperidine rings is 2. The van der Waals surface area contributed by atoms with Crippen molar-refractivity contribution < 1.29 is 19.2 Å². The first-order chi connectivity index (χ1) is 21.2. The van der Waals surface area contributed by atoms with E-state index in [2.05, 4.69) is 76.7 Å². The molecule has 2 aromatic carbocycles. The second-order valence-corrected chi connectivity index (χ2v) is 16.8. The average Bonchev–Trinajstić information content (AvgIpc) is 3.08. The molecule has 0 aliphatic carbocycles. The number of amides is 6. The maximum absolute atomic E-state index is 13.8. The van der Waals surface area contributed by atoms with Crippen molar-refractivity contribution in [2.75, 3.05) is 9.80 Å². The maximum Gasteiger partial charge on any atom is 0.329 e. The molecule has 10 nitrogen and oxygen atoms in total. The standard InChI is InChI=1S/C36H48N6O4/c1-31(2)19-35(20-32(3,4)39-31)18-27(43)41(29(45)37-35)25-13-9-23(10-14-25)17-24-11-15-26(16-12-24)42-28(44)36(38-30(42)46)21-33(5,6)40-34(7,8)22-36/h9-16,39-40H,17-22H2,1-8H3,(H,37,45)(H,38,46). The summed E-state index contributed by atoms with van der Waals surface area (Å²) < 4.78 is 0. The zero-order valence-electron chi connectivity index (χ0n) is 28.4. The Hall–Kier alpha value is -3.76. The van der Waals surface area contributed by atoms with Gasteiger partial charge in [-0.05, 0) is 123 Å². The van der Waals surface area contributed by atoms with E-state index in [9.17, 15) is 19.2 Å². The maximum atomic E-state index is 13.8. The fourth-order valence-corrected chi connectivity index (χ4v) is 9.47. The van der Waals surface area contributed by atoms with Crippen LogP contribution in [0.5, 0.6) is 0 Å². The average molecular weight is 629 g/mol. The third-order valence-corrected chi connectivity index (χ3v) is 9.67. The first kappa shape index (κ1) is 32.2. The molecule has 0 unspecified atom stereocenters. The lowest BCUT2D eigenvalue weighted by Crippen LogP contribution is -2.72. The molecule has 4 saturated heterocycles. The molecule has 4 fully saturated rings. The Balaban J connectivity index is 1.12. The molecule has 246 valence electrons. The van der Waals surface area contributed by atoms with E-state index in [0.717, 1.165) is 11.1 Å². The van der Waals surface area contributed by atoms with Crippen molar-refractivity contribution in [3.8, 4) is 0 Å². The van der Waals surface area contributed by atoms with Crippen molar-refractivity contribution >= 4 is 35.3 Å². The largest absolute Gasteiger partial charge is 0.331 e. The Morgan fingerprint density at radius 3 is 1.43 bits per heavy atom. The quantitative estimate of drug-likeness (QED) is 0.348. The van der Waals surface area contributed by atoms with Gasteiger partial charge >= 0.3 is 12.1 Å². The topological polar surface area (TPSA) is 123 Å². The van der Waals surface area contributed by atoms with Gasteiger partial charge < -0.3 is 21.3 Å². The summed E-state index contributed by atoms with van der Waals surface area (Å²) >= 11 is 0. The van der Waals surface area contributed by atoms with E-state index in [4.69, 9.17) is 0 Å². The molecular weight excluding hydrogens is 580 g/mol. The van der Waals surface area contributed by atoms with Crippen LogP contribution in [0.1, 0.15) is 98.6 Å². The number of anilines is 2. The minimum atomic E-state index is -0.941. The smallest absolute Gasteiger partial charge is 0.329 e. The summed E-state index contributed by atoms with van der Waals surface area (Å²) in [5, 5.41) is 13.5. The molecule has 46 heavy (non-hydrogen) atoms. The van der Waals surface area contributed by atoms with Gasteiger partial charge in [-0.1, -0.05) is 24.3 Å². The Kier molecular flexibility index (Phi) is 7.26. The van der Waals surface area contributed by atoms with Crippen LogP contribution in [-0.4, -0.2) is 57.1 Å². The van der Waals surface area contributed by atoms with Crippen molar-refractivity contribution in [1.82, 2.24) is 21.3 Å². The second kappa shape index (κ2) is 10.4. The van der Waals surface area contributed by atoms with Crippen LogP contribution in [0.3, 0.4) is 0 Å². The van der Waals surface area contributed by atoms with E-state index in [1.807, 2.05) is 48.5 Å². The lowest BCUT2D eigenvalue weighted by molar-refractivity contribution is -0.125. The third kappa shape index (κ3) is 6.05. The van der Waals surface area contributed by atoms with Crippen LogP contribution >= 0.6 is 0 Å². The van der Waals surface area contributed by atoms with Gasteiger partial charge in [-0.3, -0.25) is 9.59 Å². The molecule has 10 heteroatoms. The van der Waals surface area contributed by atoms with Gasteiger partial charge in [0.1, 0.15) is 5.54 Å². The highest BCUT2D eigenvalue weighted by atomic mass is 16.2. The molecule has 0 bridgehead atoms. The molecule has 0 atom stereocenters. The summed E-state index contributed by atoms with van der Waals surface area (Å²) in [5.41, 5.74) is 0.542. The SMILES string of the molecule is CC1(C)CC2(CC(=O)N(c3ccc(Cc4ccc(N5C(=O)NC6(CC(C)(C)NC(C)(C)C6)C5=O)cc4)cc3)C(=O)N2)CC(C)(C)N1. The minimum absolute atomic E-state index is 0.195. The second-order valence-electron chi connectivity index (χ2n) is 16.8. The summed E-state index contributed by atoms with van der Waals surface area (Å²) in [6, 6.07) is 14.2. The van der Waals surface area contributed by atoms with Crippen LogP contribution in [0.4, 0.5) is 21.0 Å². The zero-order valence-corrected chi connectivity index (χ0v) is 28.4. The fraction of sp³-hybridized carbons (Fsp3) is 0.556. The van der Waals surface area contributed by atoms with E-state index in [1.165, 1.54) is 9.80 Å². The summed E-state index contributed by atoms with van der Waals surface area (Å²) in [7, 11) is 0. The number of carbonyl (C=O) groups is 4. The molecule has 6 amide bonds. The first-order valence-corrected chi connectivity index (χ1v) is 16.3. The first-order valence-electron chi connectivity index (χ1n) is 16.3. The molecule has 2 spiro atoms. The number of hydrogen-bond acceptors (Lipinski definition) is 6. The van der Waals surface area contributed by atoms with Gasteiger partial charge in [-0.15, -0.1) is 0 Å². The van der Waals surface area contributed by atoms with E-state index >= 15 is 0 Å². The van der Waals surface area contributed by atoms with Gasteiger partial charge in [0, 0.05) is 22.2 Å². The molecule has 4 heterocycles. The predicted molar refractivity (Wildman–Crippen MR) is 179 cm³/mol. The minimum Gasteiger partial charge on any atom is -0.331 e. The van der Waals surface area contributed by atoms with Crippen LogP contribution < -0.4 is 31.1 Å². The molecule has 0 radical (unpaired) electrons. The highest BCUT2D eigenvalue weighted by Gasteiger charge is 2.59. The number of rotatable bonds is 4. The van der Waals surface area contributed by atoms with E-state index in [1.54, 1.807) is 0 Å². The van der Waals surface area contributed by atoms with Gasteiger partial charge in [-0.2, -0.15) is 0 Å². The number of nitrogens with zero attached hydrogens (tertiary/aromatic N) is 2. The molecule has 0 aromatic heterocycles. The Morgan fingerprint density at radius 2 is 0.978 bits per heavy atom. The highest BCUT2D eigenvalue weighted by Crippen LogP contribution is 2.42. The third-order valence-electron chi connectivity index (χ3n) is 9.67. The summed E-state index contributed by atoms with van der Waals surface area (Å²) in [6.45, 7) is 16.7. The van der Waals surface area contributed by atoms with Gasteiger partial charge in [-0.25, -0.2) is 19.4 Å². The Morgan fingerprint density at radius 1 is 0.565 bits per heavy atom. The van der Waals surface area contributed by atoms with E-state index in [-0.39, 0.29) is 46.4 Å². The zero-order chi connectivity index (χ0) is 33.5. The molecule has 4 aliphatic heterocycles. The van der Waals surface area contributed by atoms with E-state index < -0.39 is 17.1 Å². The van der Waals surface area contributed by atoms with Crippen molar-refractivity contribution in [3.05, 3.63) is 59.7 Å². The Bertz CT molecular complexity index is 1540. The van der Waals surface area contributed by atoms with Crippen LogP contribution in [-0.2, 0) is 16.0 Å². The van der Waals surface area contributed by atoms with Gasteiger partial charge in [0.2, 0.25) is 5.91 Å². The molecular formula is C36H48N6O4. The monoisotopic (exact) mass is 628 g/mol. The summed E-state index contributed by atoms with van der Waals surface area (Å²) in [5.74, 6) is -0.405. The van der Waals surface area contributed by atoms with Crippen molar-refractivity contribution in [3.63, 3.8) is 0 Å². The molecule has 0 saturated carbocycles. The van der Waals surface area contributed by atoms with Crippen molar-refractivity contribution in [1.29, 1.82) is 0 Å².